The Balaban J connectivity index is 1.61. The van der Waals surface area contributed by atoms with E-state index in [1.165, 1.54) is 0 Å². The molecule has 3 aromatic rings. The number of ether oxygens (including phenoxy) is 2. The Hall–Kier alpha value is -3.32. The van der Waals surface area contributed by atoms with Crippen LogP contribution in [0.25, 0.3) is 0 Å². The minimum Gasteiger partial charge on any atom is -0.489 e. The highest BCUT2D eigenvalue weighted by Gasteiger charge is 2.04. The van der Waals surface area contributed by atoms with Gasteiger partial charge in [-0.3, -0.25) is 10.8 Å². The molecule has 0 aromatic heterocycles. The number of rotatable bonds is 8. The summed E-state index contributed by atoms with van der Waals surface area (Å²) in [5.74, 6) is 1.48. The zero-order valence-corrected chi connectivity index (χ0v) is 17.2. The highest BCUT2D eigenvalue weighted by atomic mass is 79.9. The Kier molecular flexibility index (Phi) is 6.51. The van der Waals surface area contributed by atoms with Gasteiger partial charge in [0.1, 0.15) is 36.4 Å². The van der Waals surface area contributed by atoms with Crippen molar-refractivity contribution in [1.29, 1.82) is 10.8 Å². The second-order valence-corrected chi connectivity index (χ2v) is 7.34. The van der Waals surface area contributed by atoms with Crippen LogP contribution in [0.2, 0.25) is 0 Å². The maximum atomic E-state index is 7.43. The highest BCUT2D eigenvalue weighted by Crippen LogP contribution is 2.21. The molecular weight excluding hydrogens is 432 g/mol. The quantitative estimate of drug-likeness (QED) is 0.302. The molecule has 0 bridgehead atoms. The maximum Gasteiger partial charge on any atom is 0.122 e. The number of halogens is 1. The van der Waals surface area contributed by atoms with E-state index in [9.17, 15) is 0 Å². The van der Waals surface area contributed by atoms with E-state index in [1.807, 2.05) is 18.2 Å². The van der Waals surface area contributed by atoms with Crippen LogP contribution in [-0.4, -0.2) is 11.7 Å². The van der Waals surface area contributed by atoms with Crippen molar-refractivity contribution in [3.05, 3.63) is 93.5 Å². The molecule has 0 saturated carbocycles. The van der Waals surface area contributed by atoms with Gasteiger partial charge < -0.3 is 20.9 Å². The van der Waals surface area contributed by atoms with E-state index >= 15 is 0 Å². The molecule has 0 fully saturated rings. The molecule has 0 atom stereocenters. The third-order valence-corrected chi connectivity index (χ3v) is 4.62. The molecule has 0 aliphatic heterocycles. The van der Waals surface area contributed by atoms with Crippen molar-refractivity contribution in [3.8, 4) is 11.5 Å². The smallest absolute Gasteiger partial charge is 0.122 e. The summed E-state index contributed by atoms with van der Waals surface area (Å²) >= 11 is 3.53. The molecule has 0 heterocycles. The Bertz CT molecular complexity index is 938. The van der Waals surface area contributed by atoms with Crippen molar-refractivity contribution >= 4 is 27.6 Å². The first-order valence-electron chi connectivity index (χ1n) is 8.83. The number of hydrogen-bond donors (Lipinski definition) is 4. The van der Waals surface area contributed by atoms with Gasteiger partial charge in [-0.2, -0.15) is 0 Å². The highest BCUT2D eigenvalue weighted by molar-refractivity contribution is 9.10. The maximum absolute atomic E-state index is 7.43. The van der Waals surface area contributed by atoms with Crippen molar-refractivity contribution in [2.24, 2.45) is 11.5 Å². The summed E-state index contributed by atoms with van der Waals surface area (Å²) in [6.45, 7) is 0.804. The summed E-state index contributed by atoms with van der Waals surface area (Å²) in [6.07, 6.45) is 0. The number of nitrogens with two attached hydrogens (primary N) is 2. The van der Waals surface area contributed by atoms with Crippen LogP contribution < -0.4 is 20.9 Å². The molecular formula is C22H21BrN4O2. The minimum atomic E-state index is 0.0316. The van der Waals surface area contributed by atoms with E-state index in [1.54, 1.807) is 48.5 Å². The Morgan fingerprint density at radius 2 is 1.07 bits per heavy atom. The summed E-state index contributed by atoms with van der Waals surface area (Å²) in [5, 5.41) is 14.9. The van der Waals surface area contributed by atoms with E-state index in [-0.39, 0.29) is 11.7 Å². The van der Waals surface area contributed by atoms with E-state index in [4.69, 9.17) is 31.8 Å². The Morgan fingerprint density at radius 1 is 0.690 bits per heavy atom. The van der Waals surface area contributed by atoms with Crippen LogP contribution in [0.15, 0.2) is 71.2 Å². The van der Waals surface area contributed by atoms with Crippen LogP contribution in [0.5, 0.6) is 11.5 Å². The first-order valence-corrected chi connectivity index (χ1v) is 9.63. The van der Waals surface area contributed by atoms with Crippen LogP contribution >= 0.6 is 15.9 Å². The lowest BCUT2D eigenvalue weighted by atomic mass is 10.1. The average Bonchev–Trinajstić information content (AvgIpc) is 2.71. The first kappa shape index (κ1) is 20.4. The lowest BCUT2D eigenvalue weighted by Gasteiger charge is -2.11. The largest absolute Gasteiger partial charge is 0.489 e. The molecule has 0 radical (unpaired) electrons. The summed E-state index contributed by atoms with van der Waals surface area (Å²) < 4.78 is 12.6. The average molecular weight is 453 g/mol. The topological polar surface area (TPSA) is 118 Å². The summed E-state index contributed by atoms with van der Waals surface area (Å²) in [7, 11) is 0. The molecule has 3 rings (SSSR count). The van der Waals surface area contributed by atoms with Crippen LogP contribution in [0.1, 0.15) is 22.3 Å². The van der Waals surface area contributed by atoms with Crippen molar-refractivity contribution in [3.63, 3.8) is 0 Å². The Labute approximate surface area is 177 Å². The van der Waals surface area contributed by atoms with Gasteiger partial charge in [-0.05, 0) is 77.9 Å². The predicted octanol–water partition coefficient (Wildman–Crippen LogP) is 4.18. The molecule has 29 heavy (non-hydrogen) atoms. The second kappa shape index (κ2) is 9.25. The van der Waals surface area contributed by atoms with Gasteiger partial charge in [0.05, 0.1) is 0 Å². The van der Waals surface area contributed by atoms with Gasteiger partial charge in [0.15, 0.2) is 0 Å². The number of nitrogen functional groups attached to an aromatic ring is 2. The molecule has 148 valence electrons. The van der Waals surface area contributed by atoms with Gasteiger partial charge in [0.25, 0.3) is 0 Å². The molecule has 0 aliphatic rings. The van der Waals surface area contributed by atoms with Gasteiger partial charge in [-0.15, -0.1) is 0 Å². The van der Waals surface area contributed by atoms with E-state index in [0.29, 0.717) is 35.8 Å². The van der Waals surface area contributed by atoms with Crippen molar-refractivity contribution in [2.75, 3.05) is 0 Å². The SMILES string of the molecule is N=C(N)c1ccc(OCc2cc(Br)cc(COc3ccc(C(=N)N)cc3)c2)cc1. The fourth-order valence-electron chi connectivity index (χ4n) is 2.68. The summed E-state index contributed by atoms with van der Waals surface area (Å²) in [4.78, 5) is 0. The number of nitrogens with one attached hydrogen (secondary N) is 2. The molecule has 7 heteroatoms. The molecule has 0 spiro atoms. The van der Waals surface area contributed by atoms with Crippen LogP contribution in [0.3, 0.4) is 0 Å². The molecule has 0 unspecified atom stereocenters. The number of benzene rings is 3. The zero-order chi connectivity index (χ0) is 20.8. The number of hydrogen-bond acceptors (Lipinski definition) is 4. The van der Waals surface area contributed by atoms with Crippen molar-refractivity contribution < 1.29 is 9.47 Å². The zero-order valence-electron chi connectivity index (χ0n) is 15.6. The predicted molar refractivity (Wildman–Crippen MR) is 118 cm³/mol. The van der Waals surface area contributed by atoms with Crippen LogP contribution in [-0.2, 0) is 13.2 Å². The first-order chi connectivity index (χ1) is 13.9. The third kappa shape index (κ3) is 5.83. The van der Waals surface area contributed by atoms with Crippen LogP contribution in [0, 0.1) is 10.8 Å². The van der Waals surface area contributed by atoms with Crippen molar-refractivity contribution in [1.82, 2.24) is 0 Å². The fraction of sp³-hybridized carbons (Fsp3) is 0.0909. The molecule has 0 saturated heterocycles. The van der Waals surface area contributed by atoms with Crippen molar-refractivity contribution in [2.45, 2.75) is 13.2 Å². The molecule has 0 aliphatic carbocycles. The lowest BCUT2D eigenvalue weighted by Crippen LogP contribution is -2.10. The van der Waals surface area contributed by atoms with Gasteiger partial charge in [0, 0.05) is 15.6 Å². The van der Waals surface area contributed by atoms with E-state index in [0.717, 1.165) is 15.6 Å². The van der Waals surface area contributed by atoms with Crippen LogP contribution in [0.4, 0.5) is 0 Å². The lowest BCUT2D eigenvalue weighted by molar-refractivity contribution is 0.299. The fourth-order valence-corrected chi connectivity index (χ4v) is 3.27. The standard InChI is InChI=1S/C22H21BrN4O2/c23-18-10-14(12-28-19-5-1-16(2-6-19)21(24)25)9-15(11-18)13-29-20-7-3-17(4-8-20)22(26)27/h1-11H,12-13H2,(H3,24,25)(H3,26,27). The minimum absolute atomic E-state index is 0.0316. The van der Waals surface area contributed by atoms with Gasteiger partial charge in [-0.25, -0.2) is 0 Å². The third-order valence-electron chi connectivity index (χ3n) is 4.16. The monoisotopic (exact) mass is 452 g/mol. The summed E-state index contributed by atoms with van der Waals surface area (Å²) in [5.41, 5.74) is 14.3. The normalized spacial score (nSPS) is 10.4. The number of amidine groups is 2. The summed E-state index contributed by atoms with van der Waals surface area (Å²) in [6, 6.07) is 20.2. The molecule has 3 aromatic carbocycles. The van der Waals surface area contributed by atoms with Gasteiger partial charge >= 0.3 is 0 Å². The second-order valence-electron chi connectivity index (χ2n) is 6.42. The molecule has 6 nitrogen and oxygen atoms in total. The van der Waals surface area contributed by atoms with E-state index < -0.39 is 0 Å². The molecule has 6 N–H and O–H groups in total. The molecule has 0 amide bonds. The Morgan fingerprint density at radius 3 is 1.41 bits per heavy atom. The van der Waals surface area contributed by atoms with Gasteiger partial charge in [-0.1, -0.05) is 15.9 Å². The van der Waals surface area contributed by atoms with E-state index in [2.05, 4.69) is 15.9 Å². The van der Waals surface area contributed by atoms with Gasteiger partial charge in [0.2, 0.25) is 0 Å².